The summed E-state index contributed by atoms with van der Waals surface area (Å²) in [5.74, 6) is 1.50. The molecule has 1 N–H and O–H groups in total. The quantitative estimate of drug-likeness (QED) is 0.917. The average Bonchev–Trinajstić information content (AvgIpc) is 3.10. The zero-order chi connectivity index (χ0) is 15.4. The molecule has 1 saturated heterocycles. The van der Waals surface area contributed by atoms with E-state index in [1.54, 1.807) is 6.20 Å². The van der Waals surface area contributed by atoms with Crippen molar-refractivity contribution in [3.8, 4) is 0 Å². The first-order chi connectivity index (χ1) is 10.8. The Labute approximate surface area is 131 Å². The van der Waals surface area contributed by atoms with E-state index < -0.39 is 0 Å². The molecule has 2 aromatic rings. The van der Waals surface area contributed by atoms with Crippen molar-refractivity contribution < 1.29 is 0 Å². The van der Waals surface area contributed by atoms with Gasteiger partial charge in [-0.1, -0.05) is 32.0 Å². The molecular formula is C17H23N5. The van der Waals surface area contributed by atoms with E-state index in [0.717, 1.165) is 37.4 Å². The van der Waals surface area contributed by atoms with Crippen molar-refractivity contribution in [3.05, 3.63) is 35.5 Å². The van der Waals surface area contributed by atoms with E-state index in [1.807, 2.05) is 0 Å². The smallest absolute Gasteiger partial charge is 0.249 e. The number of nitrogens with one attached hydrogen (secondary N) is 1. The van der Waals surface area contributed by atoms with Gasteiger partial charge in [0.1, 0.15) is 0 Å². The number of hydrogen-bond donors (Lipinski definition) is 1. The summed E-state index contributed by atoms with van der Waals surface area (Å²) in [5.41, 5.74) is 3.71. The Kier molecular flexibility index (Phi) is 4.51. The van der Waals surface area contributed by atoms with Crippen LogP contribution >= 0.6 is 0 Å². The summed E-state index contributed by atoms with van der Waals surface area (Å²) < 4.78 is 0. The molecule has 116 valence electrons. The summed E-state index contributed by atoms with van der Waals surface area (Å²) in [5, 5.41) is 11.7. The van der Waals surface area contributed by atoms with Crippen molar-refractivity contribution in [2.24, 2.45) is 0 Å². The fourth-order valence-corrected chi connectivity index (χ4v) is 2.96. The Hall–Kier alpha value is -2.17. The molecule has 1 fully saturated rings. The first-order valence-corrected chi connectivity index (χ1v) is 8.14. The lowest BCUT2D eigenvalue weighted by atomic mass is 10.0. The van der Waals surface area contributed by atoms with Crippen molar-refractivity contribution in [1.29, 1.82) is 0 Å². The first kappa shape index (κ1) is 14.8. The molecule has 1 aliphatic rings. The molecule has 0 aliphatic carbocycles. The third kappa shape index (κ3) is 3.03. The van der Waals surface area contributed by atoms with E-state index in [9.17, 15) is 0 Å². The van der Waals surface area contributed by atoms with Crippen LogP contribution in [0.5, 0.6) is 0 Å². The summed E-state index contributed by atoms with van der Waals surface area (Å²) in [6, 6.07) is 6.42. The normalized spacial score (nSPS) is 14.4. The highest BCUT2D eigenvalue weighted by Crippen LogP contribution is 2.26. The third-order valence-corrected chi connectivity index (χ3v) is 4.21. The topological polar surface area (TPSA) is 53.9 Å². The minimum absolute atomic E-state index is 0.583. The highest BCUT2D eigenvalue weighted by Gasteiger charge is 2.15. The van der Waals surface area contributed by atoms with Crippen molar-refractivity contribution >= 4 is 17.5 Å². The molecule has 3 rings (SSSR count). The standard InChI is InChI=1S/C17H23N5/c1-3-13-8-7-9-14(4-2)16(13)20-17-19-15(12-18-21-17)22-10-5-6-11-22/h7-9,12H,3-6,10-11H2,1-2H3,(H,19,20,21). The van der Waals surface area contributed by atoms with Crippen LogP contribution in [0.2, 0.25) is 0 Å². The third-order valence-electron chi connectivity index (χ3n) is 4.21. The predicted octanol–water partition coefficient (Wildman–Crippen LogP) is 3.34. The largest absolute Gasteiger partial charge is 0.355 e. The molecule has 22 heavy (non-hydrogen) atoms. The Morgan fingerprint density at radius 2 is 1.77 bits per heavy atom. The molecule has 0 amide bonds. The summed E-state index contributed by atoms with van der Waals surface area (Å²) in [6.07, 6.45) is 6.17. The number of nitrogens with zero attached hydrogens (tertiary/aromatic N) is 4. The lowest BCUT2D eigenvalue weighted by Gasteiger charge is -2.17. The first-order valence-electron chi connectivity index (χ1n) is 8.14. The second-order valence-electron chi connectivity index (χ2n) is 5.62. The van der Waals surface area contributed by atoms with Crippen LogP contribution in [0.15, 0.2) is 24.4 Å². The lowest BCUT2D eigenvalue weighted by molar-refractivity contribution is 0.889. The van der Waals surface area contributed by atoms with Crippen molar-refractivity contribution in [3.63, 3.8) is 0 Å². The lowest BCUT2D eigenvalue weighted by Crippen LogP contribution is -2.20. The van der Waals surface area contributed by atoms with E-state index in [4.69, 9.17) is 0 Å². The Morgan fingerprint density at radius 1 is 1.09 bits per heavy atom. The van der Waals surface area contributed by atoms with Gasteiger partial charge in [0.05, 0.1) is 6.20 Å². The van der Waals surface area contributed by atoms with Gasteiger partial charge in [-0.2, -0.15) is 10.1 Å². The number of hydrogen-bond acceptors (Lipinski definition) is 5. The SMILES string of the molecule is CCc1cccc(CC)c1Nc1nncc(N2CCCC2)n1. The van der Waals surface area contributed by atoms with Crippen LogP contribution in [0.4, 0.5) is 17.5 Å². The average molecular weight is 297 g/mol. The Morgan fingerprint density at radius 3 is 2.41 bits per heavy atom. The molecule has 2 heterocycles. The molecule has 0 saturated carbocycles. The molecule has 0 bridgehead atoms. The van der Waals surface area contributed by atoms with E-state index in [2.05, 4.69) is 57.4 Å². The van der Waals surface area contributed by atoms with Crippen LogP contribution in [0.3, 0.4) is 0 Å². The van der Waals surface area contributed by atoms with Crippen LogP contribution in [-0.2, 0) is 12.8 Å². The van der Waals surface area contributed by atoms with Crippen molar-refractivity contribution in [2.75, 3.05) is 23.3 Å². The summed E-state index contributed by atoms with van der Waals surface area (Å²) in [7, 11) is 0. The minimum Gasteiger partial charge on any atom is -0.355 e. The van der Waals surface area contributed by atoms with Crippen LogP contribution in [0.1, 0.15) is 37.8 Å². The molecule has 0 unspecified atom stereocenters. The Balaban J connectivity index is 1.88. The molecule has 0 radical (unpaired) electrons. The molecule has 5 nitrogen and oxygen atoms in total. The monoisotopic (exact) mass is 297 g/mol. The number of benzene rings is 1. The van der Waals surface area contributed by atoms with E-state index >= 15 is 0 Å². The van der Waals surface area contributed by atoms with E-state index in [1.165, 1.54) is 24.0 Å². The highest BCUT2D eigenvalue weighted by molar-refractivity contribution is 5.64. The maximum absolute atomic E-state index is 4.64. The Bertz CT molecular complexity index is 612. The number of para-hydroxylation sites is 1. The molecule has 1 aliphatic heterocycles. The van der Waals surface area contributed by atoms with Gasteiger partial charge in [0.2, 0.25) is 5.95 Å². The fraction of sp³-hybridized carbons (Fsp3) is 0.471. The van der Waals surface area contributed by atoms with Gasteiger partial charge < -0.3 is 10.2 Å². The molecule has 5 heteroatoms. The predicted molar refractivity (Wildman–Crippen MR) is 89.8 cm³/mol. The molecule has 1 aromatic heterocycles. The summed E-state index contributed by atoms with van der Waals surface area (Å²) >= 11 is 0. The van der Waals surface area contributed by atoms with Gasteiger partial charge in [-0.25, -0.2) is 0 Å². The van der Waals surface area contributed by atoms with Gasteiger partial charge >= 0.3 is 0 Å². The van der Waals surface area contributed by atoms with Crippen molar-refractivity contribution in [1.82, 2.24) is 15.2 Å². The highest BCUT2D eigenvalue weighted by atomic mass is 15.3. The van der Waals surface area contributed by atoms with Gasteiger partial charge in [0.25, 0.3) is 0 Å². The van der Waals surface area contributed by atoms with Gasteiger partial charge in [-0.15, -0.1) is 5.10 Å². The molecular weight excluding hydrogens is 274 g/mol. The van der Waals surface area contributed by atoms with Crippen LogP contribution < -0.4 is 10.2 Å². The van der Waals surface area contributed by atoms with Crippen LogP contribution in [0, 0.1) is 0 Å². The zero-order valence-corrected chi connectivity index (χ0v) is 13.3. The maximum Gasteiger partial charge on any atom is 0.249 e. The molecule has 0 atom stereocenters. The molecule has 0 spiro atoms. The second-order valence-corrected chi connectivity index (χ2v) is 5.62. The van der Waals surface area contributed by atoms with Gasteiger partial charge in [-0.3, -0.25) is 0 Å². The number of aryl methyl sites for hydroxylation is 2. The van der Waals surface area contributed by atoms with E-state index in [-0.39, 0.29) is 0 Å². The van der Waals surface area contributed by atoms with Crippen LogP contribution in [0.25, 0.3) is 0 Å². The summed E-state index contributed by atoms with van der Waals surface area (Å²) in [6.45, 7) is 6.45. The number of aromatic nitrogens is 3. The fourth-order valence-electron chi connectivity index (χ4n) is 2.96. The minimum atomic E-state index is 0.583. The maximum atomic E-state index is 4.64. The summed E-state index contributed by atoms with van der Waals surface area (Å²) in [4.78, 5) is 6.91. The number of rotatable bonds is 5. The van der Waals surface area contributed by atoms with Gasteiger partial charge in [-0.05, 0) is 36.8 Å². The number of anilines is 3. The van der Waals surface area contributed by atoms with Crippen molar-refractivity contribution in [2.45, 2.75) is 39.5 Å². The van der Waals surface area contributed by atoms with Gasteiger partial charge in [0.15, 0.2) is 5.82 Å². The van der Waals surface area contributed by atoms with Gasteiger partial charge in [0, 0.05) is 18.8 Å². The van der Waals surface area contributed by atoms with E-state index in [0.29, 0.717) is 5.95 Å². The molecule has 1 aromatic carbocycles. The zero-order valence-electron chi connectivity index (χ0n) is 13.3. The second kappa shape index (κ2) is 6.73. The van der Waals surface area contributed by atoms with Crippen LogP contribution in [-0.4, -0.2) is 28.3 Å².